The molecular formula is C28H31Cl2N3O4S. The Balaban J connectivity index is 2.10. The van der Waals surface area contributed by atoms with Crippen molar-refractivity contribution in [2.45, 2.75) is 44.7 Å². The number of amides is 2. The minimum absolute atomic E-state index is 0.00711. The first kappa shape index (κ1) is 29.5. The number of hydrogen-bond donors (Lipinski definition) is 1. The van der Waals surface area contributed by atoms with Crippen molar-refractivity contribution >= 4 is 50.7 Å². The molecule has 10 heteroatoms. The van der Waals surface area contributed by atoms with Crippen LogP contribution in [-0.4, -0.2) is 44.8 Å². The Morgan fingerprint density at radius 2 is 1.58 bits per heavy atom. The van der Waals surface area contributed by atoms with Crippen LogP contribution in [0.5, 0.6) is 0 Å². The quantitative estimate of drug-likeness (QED) is 0.352. The Bertz CT molecular complexity index is 1390. The van der Waals surface area contributed by atoms with Crippen molar-refractivity contribution in [3.63, 3.8) is 0 Å². The Labute approximate surface area is 234 Å². The molecule has 202 valence electrons. The Morgan fingerprint density at radius 1 is 0.947 bits per heavy atom. The minimum Gasteiger partial charge on any atom is -0.357 e. The third-order valence-corrected chi connectivity index (χ3v) is 8.47. The molecule has 0 spiro atoms. The highest BCUT2D eigenvalue weighted by Crippen LogP contribution is 2.28. The number of benzene rings is 3. The van der Waals surface area contributed by atoms with E-state index >= 15 is 0 Å². The number of nitrogens with one attached hydrogen (secondary N) is 1. The second kappa shape index (κ2) is 12.7. The Morgan fingerprint density at radius 3 is 2.13 bits per heavy atom. The van der Waals surface area contributed by atoms with Gasteiger partial charge in [-0.25, -0.2) is 8.42 Å². The lowest BCUT2D eigenvalue weighted by atomic mass is 10.1. The van der Waals surface area contributed by atoms with Crippen LogP contribution < -0.4 is 9.62 Å². The molecular weight excluding hydrogens is 545 g/mol. The predicted octanol–water partition coefficient (Wildman–Crippen LogP) is 5.36. The van der Waals surface area contributed by atoms with Crippen molar-refractivity contribution in [2.24, 2.45) is 0 Å². The van der Waals surface area contributed by atoms with Gasteiger partial charge in [0.05, 0.1) is 10.6 Å². The van der Waals surface area contributed by atoms with Crippen molar-refractivity contribution in [3.05, 3.63) is 93.5 Å². The van der Waals surface area contributed by atoms with E-state index in [2.05, 4.69) is 5.32 Å². The normalized spacial score (nSPS) is 12.1. The Kier molecular flexibility index (Phi) is 9.82. The summed E-state index contributed by atoms with van der Waals surface area (Å²) in [5.74, 6) is -0.917. The van der Waals surface area contributed by atoms with Gasteiger partial charge >= 0.3 is 0 Å². The zero-order valence-corrected chi connectivity index (χ0v) is 24.1. The van der Waals surface area contributed by atoms with Crippen molar-refractivity contribution in [1.82, 2.24) is 10.2 Å². The zero-order valence-electron chi connectivity index (χ0n) is 21.7. The molecule has 0 radical (unpaired) electrons. The van der Waals surface area contributed by atoms with Crippen LogP contribution in [0.4, 0.5) is 5.69 Å². The fourth-order valence-corrected chi connectivity index (χ4v) is 6.15. The molecule has 1 atom stereocenters. The van der Waals surface area contributed by atoms with Crippen molar-refractivity contribution < 1.29 is 18.0 Å². The van der Waals surface area contributed by atoms with E-state index in [0.717, 1.165) is 15.4 Å². The van der Waals surface area contributed by atoms with E-state index in [4.69, 9.17) is 23.2 Å². The maximum absolute atomic E-state index is 13.9. The highest BCUT2D eigenvalue weighted by Gasteiger charge is 2.33. The lowest BCUT2D eigenvalue weighted by Crippen LogP contribution is -2.51. The summed E-state index contributed by atoms with van der Waals surface area (Å²) in [6, 6.07) is 17.4. The molecule has 0 saturated carbocycles. The van der Waals surface area contributed by atoms with Gasteiger partial charge in [-0.2, -0.15) is 0 Å². The second-order valence-corrected chi connectivity index (χ2v) is 11.7. The van der Waals surface area contributed by atoms with Crippen molar-refractivity contribution in [1.29, 1.82) is 0 Å². The van der Waals surface area contributed by atoms with E-state index in [0.29, 0.717) is 27.7 Å². The molecule has 0 bridgehead atoms. The molecule has 2 amide bonds. The maximum Gasteiger partial charge on any atom is 0.264 e. The molecule has 38 heavy (non-hydrogen) atoms. The van der Waals surface area contributed by atoms with Crippen LogP contribution in [0.2, 0.25) is 10.0 Å². The molecule has 0 heterocycles. The van der Waals surface area contributed by atoms with Gasteiger partial charge in [0, 0.05) is 23.6 Å². The number of carbonyl (C=O) groups excluding carboxylic acids is 2. The Hall–Kier alpha value is -3.07. The summed E-state index contributed by atoms with van der Waals surface area (Å²) in [5.41, 5.74) is 2.64. The molecule has 3 aromatic rings. The van der Waals surface area contributed by atoms with E-state index in [9.17, 15) is 18.0 Å². The van der Waals surface area contributed by atoms with Gasteiger partial charge in [-0.3, -0.25) is 13.9 Å². The number of nitrogens with zero attached hydrogens (tertiary/aromatic N) is 2. The minimum atomic E-state index is -4.12. The highest BCUT2D eigenvalue weighted by atomic mass is 35.5. The molecule has 0 saturated heterocycles. The van der Waals surface area contributed by atoms with Crippen LogP contribution in [0.3, 0.4) is 0 Å². The van der Waals surface area contributed by atoms with Gasteiger partial charge in [0.25, 0.3) is 10.0 Å². The van der Waals surface area contributed by atoms with Crippen LogP contribution in [0.15, 0.2) is 71.6 Å². The van der Waals surface area contributed by atoms with Crippen LogP contribution in [-0.2, 0) is 26.2 Å². The summed E-state index contributed by atoms with van der Waals surface area (Å²) >= 11 is 12.4. The first-order valence-electron chi connectivity index (χ1n) is 12.1. The number of aryl methyl sites for hydroxylation is 2. The predicted molar refractivity (Wildman–Crippen MR) is 152 cm³/mol. The van der Waals surface area contributed by atoms with Crippen molar-refractivity contribution in [3.8, 4) is 0 Å². The van der Waals surface area contributed by atoms with E-state index < -0.39 is 28.5 Å². The summed E-state index contributed by atoms with van der Waals surface area (Å²) in [6.07, 6.45) is 0.311. The first-order chi connectivity index (χ1) is 18.0. The van der Waals surface area contributed by atoms with Gasteiger partial charge in [-0.05, 0) is 73.4 Å². The third kappa shape index (κ3) is 6.87. The fourth-order valence-electron chi connectivity index (χ4n) is 4.26. The SMILES string of the molecule is CC[C@@H](C(=O)NC)N(Cc1ccc(Cl)cc1Cl)C(=O)CN(c1cc(C)cc(C)c1)S(=O)(=O)c1ccccc1. The first-order valence-corrected chi connectivity index (χ1v) is 14.3. The monoisotopic (exact) mass is 575 g/mol. The molecule has 3 rings (SSSR count). The lowest BCUT2D eigenvalue weighted by Gasteiger charge is -2.33. The number of rotatable bonds is 10. The van der Waals surface area contributed by atoms with Gasteiger partial charge < -0.3 is 10.2 Å². The number of carbonyl (C=O) groups is 2. The molecule has 0 aliphatic carbocycles. The average molecular weight is 577 g/mol. The standard InChI is InChI=1S/C28H31Cl2N3O4S/c1-5-26(28(35)31-4)32(17-21-11-12-22(29)16-25(21)30)27(34)18-33(23-14-19(2)13-20(3)15-23)38(36,37)24-9-7-6-8-10-24/h6-16,26H,5,17-18H2,1-4H3,(H,31,35)/t26-/m0/s1. The van der Waals surface area contributed by atoms with Gasteiger partial charge in [-0.1, -0.05) is 60.5 Å². The molecule has 0 aliphatic heterocycles. The lowest BCUT2D eigenvalue weighted by molar-refractivity contribution is -0.140. The molecule has 3 aromatic carbocycles. The number of halogens is 2. The summed E-state index contributed by atoms with van der Waals surface area (Å²) < 4.78 is 28.8. The van der Waals surface area contributed by atoms with Gasteiger partial charge in [-0.15, -0.1) is 0 Å². The topological polar surface area (TPSA) is 86.8 Å². The highest BCUT2D eigenvalue weighted by molar-refractivity contribution is 7.92. The average Bonchev–Trinajstić information content (AvgIpc) is 2.87. The van der Waals surface area contributed by atoms with Gasteiger partial charge in [0.15, 0.2) is 0 Å². The molecule has 0 fully saturated rings. The van der Waals surface area contributed by atoms with Crippen LogP contribution >= 0.6 is 23.2 Å². The van der Waals surface area contributed by atoms with E-state index in [1.807, 2.05) is 19.9 Å². The summed E-state index contributed by atoms with van der Waals surface area (Å²) in [5, 5.41) is 3.37. The fraction of sp³-hybridized carbons (Fsp3) is 0.286. The van der Waals surface area contributed by atoms with E-state index in [1.165, 1.54) is 24.1 Å². The molecule has 7 nitrogen and oxygen atoms in total. The van der Waals surface area contributed by atoms with Crippen LogP contribution in [0.1, 0.15) is 30.0 Å². The molecule has 0 aliphatic rings. The van der Waals surface area contributed by atoms with Crippen LogP contribution in [0.25, 0.3) is 0 Å². The summed E-state index contributed by atoms with van der Waals surface area (Å²) in [4.78, 5) is 28.2. The van der Waals surface area contributed by atoms with Gasteiger partial charge in [0.1, 0.15) is 12.6 Å². The van der Waals surface area contributed by atoms with Crippen LogP contribution in [0, 0.1) is 13.8 Å². The molecule has 0 aromatic heterocycles. The third-order valence-electron chi connectivity index (χ3n) is 6.09. The largest absolute Gasteiger partial charge is 0.357 e. The summed E-state index contributed by atoms with van der Waals surface area (Å²) in [7, 11) is -2.63. The summed E-state index contributed by atoms with van der Waals surface area (Å²) in [6.45, 7) is 4.98. The maximum atomic E-state index is 13.9. The zero-order chi connectivity index (χ0) is 28.0. The number of anilines is 1. The molecule has 0 unspecified atom stereocenters. The van der Waals surface area contributed by atoms with Crippen molar-refractivity contribution in [2.75, 3.05) is 17.9 Å². The van der Waals surface area contributed by atoms with E-state index in [-0.39, 0.29) is 17.3 Å². The van der Waals surface area contributed by atoms with Gasteiger partial charge in [0.2, 0.25) is 11.8 Å². The second-order valence-electron chi connectivity index (χ2n) is 8.97. The number of hydrogen-bond acceptors (Lipinski definition) is 4. The van der Waals surface area contributed by atoms with E-state index in [1.54, 1.807) is 55.5 Å². The molecule has 1 N–H and O–H groups in total. The number of likely N-dealkylation sites (N-methyl/N-ethyl adjacent to an activating group) is 1. The smallest absolute Gasteiger partial charge is 0.264 e. The number of sulfonamides is 1.